The highest BCUT2D eigenvalue weighted by atomic mass is 32.2. The van der Waals surface area contributed by atoms with E-state index in [9.17, 15) is 27.5 Å². The summed E-state index contributed by atoms with van der Waals surface area (Å²) < 4.78 is 48.1. The van der Waals surface area contributed by atoms with Crippen molar-refractivity contribution in [3.8, 4) is 5.75 Å². The molecular formula is C17H21FN2O6S. The summed E-state index contributed by atoms with van der Waals surface area (Å²) in [7, 11) is -4.06. The number of ether oxygens (including phenoxy) is 1. The third-order valence-electron chi connectivity index (χ3n) is 4.84. The molecule has 1 aromatic rings. The topological polar surface area (TPSA) is 113 Å². The molecule has 1 heterocycles. The normalized spacial score (nSPS) is 18.1. The van der Waals surface area contributed by atoms with E-state index in [-0.39, 0.29) is 17.2 Å². The number of halogens is 1. The maximum absolute atomic E-state index is 14.8. The number of benzene rings is 1. The van der Waals surface area contributed by atoms with E-state index in [1.807, 2.05) is 4.72 Å². The van der Waals surface area contributed by atoms with Crippen LogP contribution in [0.5, 0.6) is 5.75 Å². The zero-order valence-electron chi connectivity index (χ0n) is 14.8. The summed E-state index contributed by atoms with van der Waals surface area (Å²) in [5.74, 6) is -4.22. The van der Waals surface area contributed by atoms with Crippen LogP contribution in [-0.4, -0.2) is 48.9 Å². The van der Waals surface area contributed by atoms with E-state index in [0.29, 0.717) is 38.8 Å². The molecule has 10 heteroatoms. The van der Waals surface area contributed by atoms with Gasteiger partial charge in [-0.25, -0.2) is 13.9 Å². The lowest BCUT2D eigenvalue weighted by Crippen LogP contribution is -2.42. The minimum atomic E-state index is -4.06. The van der Waals surface area contributed by atoms with Crippen LogP contribution in [0.4, 0.5) is 4.39 Å². The Morgan fingerprint density at radius 1 is 1.26 bits per heavy atom. The number of nitrogens with zero attached hydrogens (tertiary/aromatic N) is 1. The summed E-state index contributed by atoms with van der Waals surface area (Å²) in [5.41, 5.74) is -0.919. The first kappa shape index (κ1) is 19.6. The van der Waals surface area contributed by atoms with Gasteiger partial charge in [-0.15, -0.1) is 0 Å². The second kappa shape index (κ2) is 7.43. The number of aryl methyl sites for hydroxylation is 1. The van der Waals surface area contributed by atoms with Crippen LogP contribution in [0.3, 0.4) is 0 Å². The maximum Gasteiger partial charge on any atom is 0.339 e. The molecule has 8 nitrogen and oxygen atoms in total. The monoisotopic (exact) mass is 400 g/mol. The summed E-state index contributed by atoms with van der Waals surface area (Å²) in [4.78, 5) is 23.9. The van der Waals surface area contributed by atoms with Gasteiger partial charge in [0.05, 0.1) is 11.7 Å². The van der Waals surface area contributed by atoms with Gasteiger partial charge in [-0.05, 0) is 50.7 Å². The fourth-order valence-corrected chi connectivity index (χ4v) is 4.34. The summed E-state index contributed by atoms with van der Waals surface area (Å²) in [5, 5.41) is 9.24. The number of carboxylic acid groups (broad SMARTS) is 1. The molecule has 2 fully saturated rings. The van der Waals surface area contributed by atoms with E-state index in [0.717, 1.165) is 16.8 Å². The number of amides is 1. The predicted octanol–water partition coefficient (Wildman–Crippen LogP) is 1.83. The second-order valence-electron chi connectivity index (χ2n) is 6.78. The number of hydrogen-bond donors (Lipinski definition) is 2. The summed E-state index contributed by atoms with van der Waals surface area (Å²) in [6.07, 6.45) is 3.27. The third kappa shape index (κ3) is 3.91. The lowest BCUT2D eigenvalue weighted by molar-refractivity contribution is 0.0684. The van der Waals surface area contributed by atoms with Gasteiger partial charge in [0.15, 0.2) is 11.6 Å². The molecule has 0 bridgehead atoms. The quantitative estimate of drug-likeness (QED) is 0.753. The molecule has 0 unspecified atom stereocenters. The second-order valence-corrected chi connectivity index (χ2v) is 8.45. The standard InChI is InChI=1S/C17H21FN2O6S/c1-10-9-12(16(21)19-27(24,25)20-7-2-3-8-20)15(26-11-5-4-6-11)14(18)13(10)17(22)23/h9,11H,2-8H2,1H3,(H,19,21)(H,22,23). The van der Waals surface area contributed by atoms with Crippen molar-refractivity contribution in [3.63, 3.8) is 0 Å². The van der Waals surface area contributed by atoms with Crippen LogP contribution in [-0.2, 0) is 10.2 Å². The van der Waals surface area contributed by atoms with Gasteiger partial charge >= 0.3 is 16.2 Å². The van der Waals surface area contributed by atoms with Crippen LogP contribution in [0, 0.1) is 12.7 Å². The molecule has 1 aromatic carbocycles. The molecule has 0 radical (unpaired) electrons. The Balaban J connectivity index is 1.97. The van der Waals surface area contributed by atoms with Crippen LogP contribution in [0.15, 0.2) is 6.07 Å². The number of nitrogens with one attached hydrogen (secondary N) is 1. The Hall–Kier alpha value is -2.20. The van der Waals surface area contributed by atoms with Gasteiger partial charge in [-0.2, -0.15) is 12.7 Å². The van der Waals surface area contributed by atoms with Crippen molar-refractivity contribution in [1.29, 1.82) is 0 Å². The zero-order valence-corrected chi connectivity index (χ0v) is 15.6. The van der Waals surface area contributed by atoms with E-state index < -0.39 is 39.2 Å². The molecule has 1 saturated heterocycles. The molecule has 2 N–H and O–H groups in total. The molecule has 1 amide bonds. The molecule has 2 aliphatic rings. The molecule has 0 aromatic heterocycles. The van der Waals surface area contributed by atoms with E-state index >= 15 is 0 Å². The fraction of sp³-hybridized carbons (Fsp3) is 0.529. The largest absolute Gasteiger partial charge is 0.486 e. The minimum absolute atomic E-state index is 0.00433. The van der Waals surface area contributed by atoms with Gasteiger partial charge in [0.1, 0.15) is 5.56 Å². The molecule has 1 aliphatic heterocycles. The molecule has 1 aliphatic carbocycles. The van der Waals surface area contributed by atoms with Crippen LogP contribution in [0.1, 0.15) is 58.4 Å². The number of hydrogen-bond acceptors (Lipinski definition) is 5. The first-order valence-corrected chi connectivity index (χ1v) is 10.2. The van der Waals surface area contributed by atoms with E-state index in [4.69, 9.17) is 4.74 Å². The van der Waals surface area contributed by atoms with Gasteiger partial charge in [0.2, 0.25) is 0 Å². The highest BCUT2D eigenvalue weighted by Gasteiger charge is 2.32. The summed E-state index contributed by atoms with van der Waals surface area (Å²) in [6, 6.07) is 1.15. The van der Waals surface area contributed by atoms with Gasteiger partial charge in [0, 0.05) is 13.1 Å². The third-order valence-corrected chi connectivity index (χ3v) is 6.33. The van der Waals surface area contributed by atoms with E-state index in [1.165, 1.54) is 6.92 Å². The predicted molar refractivity (Wildman–Crippen MR) is 93.6 cm³/mol. The van der Waals surface area contributed by atoms with Gasteiger partial charge in [-0.3, -0.25) is 4.79 Å². The van der Waals surface area contributed by atoms with Crippen LogP contribution < -0.4 is 9.46 Å². The summed E-state index contributed by atoms with van der Waals surface area (Å²) in [6.45, 7) is 1.95. The molecular weight excluding hydrogens is 379 g/mol. The lowest BCUT2D eigenvalue weighted by Gasteiger charge is -2.28. The maximum atomic E-state index is 14.8. The SMILES string of the molecule is Cc1cc(C(=O)NS(=O)(=O)N2CCCC2)c(OC2CCC2)c(F)c1C(=O)O. The van der Waals surface area contributed by atoms with Crippen molar-refractivity contribution >= 4 is 22.1 Å². The smallest absolute Gasteiger partial charge is 0.339 e. The molecule has 0 atom stereocenters. The van der Waals surface area contributed by atoms with Crippen molar-refractivity contribution < 1.29 is 32.2 Å². The Kier molecular flexibility index (Phi) is 5.38. The highest BCUT2D eigenvalue weighted by molar-refractivity contribution is 7.87. The number of carbonyl (C=O) groups excluding carboxylic acids is 1. The van der Waals surface area contributed by atoms with Crippen LogP contribution >= 0.6 is 0 Å². The lowest BCUT2D eigenvalue weighted by atomic mass is 9.95. The minimum Gasteiger partial charge on any atom is -0.486 e. The molecule has 1 saturated carbocycles. The Morgan fingerprint density at radius 2 is 1.89 bits per heavy atom. The van der Waals surface area contributed by atoms with Gasteiger partial charge < -0.3 is 9.84 Å². The molecule has 0 spiro atoms. The average Bonchev–Trinajstić information content (AvgIpc) is 3.06. The summed E-state index contributed by atoms with van der Waals surface area (Å²) >= 11 is 0. The first-order valence-electron chi connectivity index (χ1n) is 8.76. The van der Waals surface area contributed by atoms with Crippen molar-refractivity contribution in [3.05, 3.63) is 28.6 Å². The average molecular weight is 400 g/mol. The van der Waals surface area contributed by atoms with Gasteiger partial charge in [-0.1, -0.05) is 0 Å². The van der Waals surface area contributed by atoms with Crippen molar-refractivity contribution in [1.82, 2.24) is 9.03 Å². The van der Waals surface area contributed by atoms with Gasteiger partial charge in [0.25, 0.3) is 5.91 Å². The van der Waals surface area contributed by atoms with E-state index in [2.05, 4.69) is 0 Å². The van der Waals surface area contributed by atoms with Crippen molar-refractivity contribution in [2.24, 2.45) is 0 Å². The number of aromatic carboxylic acids is 1. The number of rotatable bonds is 6. The Morgan fingerprint density at radius 3 is 2.41 bits per heavy atom. The fourth-order valence-electron chi connectivity index (χ4n) is 3.13. The zero-order chi connectivity index (χ0) is 19.8. The van der Waals surface area contributed by atoms with Crippen molar-refractivity contribution in [2.75, 3.05) is 13.1 Å². The first-order chi connectivity index (χ1) is 12.7. The molecule has 148 valence electrons. The van der Waals surface area contributed by atoms with E-state index in [1.54, 1.807) is 0 Å². The molecule has 3 rings (SSSR count). The number of carbonyl (C=O) groups is 2. The Bertz CT molecular complexity index is 876. The highest BCUT2D eigenvalue weighted by Crippen LogP contribution is 2.33. The van der Waals surface area contributed by atoms with Crippen LogP contribution in [0.2, 0.25) is 0 Å². The van der Waals surface area contributed by atoms with Crippen molar-refractivity contribution in [2.45, 2.75) is 45.1 Å². The molecule has 27 heavy (non-hydrogen) atoms. The number of carboxylic acids is 1. The van der Waals surface area contributed by atoms with Crippen LogP contribution in [0.25, 0.3) is 0 Å². The Labute approximate surface area is 156 Å².